The van der Waals surface area contributed by atoms with E-state index < -0.39 is 0 Å². The Kier molecular flexibility index (Phi) is 5.01. The van der Waals surface area contributed by atoms with Gasteiger partial charge >= 0.3 is 0 Å². The second kappa shape index (κ2) is 6.33. The van der Waals surface area contributed by atoms with Crippen molar-refractivity contribution in [3.8, 4) is 0 Å². The molecule has 0 radical (unpaired) electrons. The molecule has 0 aromatic rings. The van der Waals surface area contributed by atoms with Gasteiger partial charge in [-0.3, -0.25) is 0 Å². The molecule has 0 spiro atoms. The van der Waals surface area contributed by atoms with Crippen LogP contribution in [-0.4, -0.2) is 69.3 Å². The van der Waals surface area contributed by atoms with Gasteiger partial charge in [-0.2, -0.15) is 0 Å². The molecule has 0 aromatic carbocycles. The van der Waals surface area contributed by atoms with E-state index in [1.807, 2.05) is 0 Å². The lowest BCUT2D eigenvalue weighted by atomic mass is 9.79. The topological polar surface area (TPSA) is 41.7 Å². The average Bonchev–Trinajstić information content (AvgIpc) is 2.40. The summed E-state index contributed by atoms with van der Waals surface area (Å²) in [7, 11) is 4.50. The van der Waals surface area contributed by atoms with E-state index in [1.165, 1.54) is 25.9 Å². The maximum atomic E-state index is 6.05. The fourth-order valence-corrected chi connectivity index (χ4v) is 3.33. The Balaban J connectivity index is 1.86. The van der Waals surface area contributed by atoms with Gasteiger partial charge in [-0.1, -0.05) is 0 Å². The molecule has 0 amide bonds. The summed E-state index contributed by atoms with van der Waals surface area (Å²) in [6.45, 7) is 6.17. The van der Waals surface area contributed by atoms with Gasteiger partial charge in [-0.05, 0) is 64.8 Å². The van der Waals surface area contributed by atoms with E-state index in [1.54, 1.807) is 0 Å². The molecule has 0 saturated carbocycles. The Morgan fingerprint density at radius 2 is 1.89 bits per heavy atom. The van der Waals surface area contributed by atoms with Gasteiger partial charge in [0.05, 0.1) is 0 Å². The number of hydrogen-bond acceptors (Lipinski definition) is 4. The number of likely N-dealkylation sites (tertiary alicyclic amines) is 1. The van der Waals surface area contributed by atoms with Crippen molar-refractivity contribution in [2.45, 2.75) is 31.7 Å². The van der Waals surface area contributed by atoms with Crippen molar-refractivity contribution < 1.29 is 4.74 Å². The molecule has 0 unspecified atom stereocenters. The van der Waals surface area contributed by atoms with Crippen LogP contribution in [0.3, 0.4) is 0 Å². The molecule has 106 valence electrons. The summed E-state index contributed by atoms with van der Waals surface area (Å²) < 4.78 is 5.49. The highest BCUT2D eigenvalue weighted by molar-refractivity contribution is 4.88. The summed E-state index contributed by atoms with van der Waals surface area (Å²) in [6, 6.07) is 0.743. The van der Waals surface area contributed by atoms with Crippen molar-refractivity contribution >= 4 is 0 Å². The van der Waals surface area contributed by atoms with E-state index in [4.69, 9.17) is 10.5 Å². The largest absolute Gasteiger partial charge is 0.381 e. The van der Waals surface area contributed by atoms with Crippen LogP contribution in [0.4, 0.5) is 0 Å². The molecule has 0 atom stereocenters. The highest BCUT2D eigenvalue weighted by Gasteiger charge is 2.34. The van der Waals surface area contributed by atoms with E-state index in [9.17, 15) is 0 Å². The molecule has 2 saturated heterocycles. The SMILES string of the molecule is CN1CCC(N(C)CC2(CN)CCOCC2)CC1. The van der Waals surface area contributed by atoms with Gasteiger partial charge < -0.3 is 20.3 Å². The van der Waals surface area contributed by atoms with Crippen LogP contribution in [0.5, 0.6) is 0 Å². The molecule has 2 rings (SSSR count). The minimum atomic E-state index is 0.302. The summed E-state index contributed by atoms with van der Waals surface area (Å²) in [6.07, 6.45) is 4.84. The van der Waals surface area contributed by atoms with Crippen molar-refractivity contribution in [1.82, 2.24) is 9.80 Å². The Morgan fingerprint density at radius 1 is 1.28 bits per heavy atom. The van der Waals surface area contributed by atoms with Crippen LogP contribution in [0.2, 0.25) is 0 Å². The zero-order chi connectivity index (χ0) is 13.0. The lowest BCUT2D eigenvalue weighted by Crippen LogP contribution is -2.50. The Morgan fingerprint density at radius 3 is 2.44 bits per heavy atom. The van der Waals surface area contributed by atoms with Crippen LogP contribution in [0.15, 0.2) is 0 Å². The number of ether oxygens (including phenoxy) is 1. The second-order valence-corrected chi connectivity index (χ2v) is 6.27. The third-order valence-electron chi connectivity index (χ3n) is 4.88. The Bertz CT molecular complexity index is 245. The van der Waals surface area contributed by atoms with E-state index in [0.717, 1.165) is 45.2 Å². The first kappa shape index (κ1) is 14.3. The minimum Gasteiger partial charge on any atom is -0.381 e. The summed E-state index contributed by atoms with van der Waals surface area (Å²) in [5.74, 6) is 0. The molecule has 4 nitrogen and oxygen atoms in total. The summed E-state index contributed by atoms with van der Waals surface area (Å²) in [5, 5.41) is 0. The average molecular weight is 255 g/mol. The maximum Gasteiger partial charge on any atom is 0.0472 e. The number of hydrogen-bond donors (Lipinski definition) is 1. The van der Waals surface area contributed by atoms with Gasteiger partial charge in [-0.15, -0.1) is 0 Å². The fourth-order valence-electron chi connectivity index (χ4n) is 3.33. The van der Waals surface area contributed by atoms with E-state index in [-0.39, 0.29) is 0 Å². The van der Waals surface area contributed by atoms with Crippen molar-refractivity contribution in [1.29, 1.82) is 0 Å². The molecule has 2 N–H and O–H groups in total. The molecule has 0 bridgehead atoms. The number of piperidine rings is 1. The van der Waals surface area contributed by atoms with Gasteiger partial charge in [0.2, 0.25) is 0 Å². The highest BCUT2D eigenvalue weighted by Crippen LogP contribution is 2.31. The van der Waals surface area contributed by atoms with Crippen molar-refractivity contribution in [2.24, 2.45) is 11.1 Å². The van der Waals surface area contributed by atoms with Crippen LogP contribution in [0, 0.1) is 5.41 Å². The molecule has 2 heterocycles. The molecule has 18 heavy (non-hydrogen) atoms. The van der Waals surface area contributed by atoms with Gasteiger partial charge in [0, 0.05) is 25.8 Å². The van der Waals surface area contributed by atoms with Crippen LogP contribution in [-0.2, 0) is 4.74 Å². The second-order valence-electron chi connectivity index (χ2n) is 6.27. The Hall–Kier alpha value is -0.160. The van der Waals surface area contributed by atoms with Gasteiger partial charge in [-0.25, -0.2) is 0 Å². The number of nitrogens with two attached hydrogens (primary N) is 1. The predicted octanol–water partition coefficient (Wildman–Crippen LogP) is 0.768. The minimum absolute atomic E-state index is 0.302. The van der Waals surface area contributed by atoms with E-state index >= 15 is 0 Å². The summed E-state index contributed by atoms with van der Waals surface area (Å²) >= 11 is 0. The molecule has 4 heteroatoms. The Labute approximate surface area is 111 Å². The van der Waals surface area contributed by atoms with Gasteiger partial charge in [0.25, 0.3) is 0 Å². The van der Waals surface area contributed by atoms with Crippen molar-refractivity contribution in [2.75, 3.05) is 53.5 Å². The van der Waals surface area contributed by atoms with Crippen molar-refractivity contribution in [3.63, 3.8) is 0 Å². The zero-order valence-electron chi connectivity index (χ0n) is 12.0. The van der Waals surface area contributed by atoms with Crippen LogP contribution in [0.1, 0.15) is 25.7 Å². The number of rotatable bonds is 4. The third-order valence-corrected chi connectivity index (χ3v) is 4.88. The molecule has 0 aromatic heterocycles. The predicted molar refractivity (Wildman–Crippen MR) is 74.7 cm³/mol. The molecular weight excluding hydrogens is 226 g/mol. The lowest BCUT2D eigenvalue weighted by molar-refractivity contribution is -0.00701. The molecular formula is C14H29N3O. The van der Waals surface area contributed by atoms with Crippen LogP contribution in [0.25, 0.3) is 0 Å². The highest BCUT2D eigenvalue weighted by atomic mass is 16.5. The van der Waals surface area contributed by atoms with E-state index in [2.05, 4.69) is 23.9 Å². The summed E-state index contributed by atoms with van der Waals surface area (Å²) in [5.41, 5.74) is 6.35. The van der Waals surface area contributed by atoms with Crippen LogP contribution >= 0.6 is 0 Å². The first-order valence-corrected chi connectivity index (χ1v) is 7.32. The van der Waals surface area contributed by atoms with Gasteiger partial charge in [0.1, 0.15) is 0 Å². The maximum absolute atomic E-state index is 6.05. The summed E-state index contributed by atoms with van der Waals surface area (Å²) in [4.78, 5) is 4.99. The molecule has 2 aliphatic rings. The zero-order valence-corrected chi connectivity index (χ0v) is 12.0. The standard InChI is InChI=1S/C14H29N3O/c1-16-7-3-13(4-8-16)17(2)12-14(11-15)5-9-18-10-6-14/h13H,3-12,15H2,1-2H3. The molecule has 0 aliphatic carbocycles. The first-order valence-electron chi connectivity index (χ1n) is 7.32. The quantitative estimate of drug-likeness (QED) is 0.805. The van der Waals surface area contributed by atoms with Gasteiger partial charge in [0.15, 0.2) is 0 Å². The first-order chi connectivity index (χ1) is 8.65. The smallest absolute Gasteiger partial charge is 0.0472 e. The molecule has 2 fully saturated rings. The normalized spacial score (nSPS) is 26.7. The van der Waals surface area contributed by atoms with E-state index in [0.29, 0.717) is 5.41 Å². The number of nitrogens with zero attached hydrogens (tertiary/aromatic N) is 2. The monoisotopic (exact) mass is 255 g/mol. The van der Waals surface area contributed by atoms with Crippen molar-refractivity contribution in [3.05, 3.63) is 0 Å². The third kappa shape index (κ3) is 3.44. The lowest BCUT2D eigenvalue weighted by Gasteiger charge is -2.43. The molecule has 2 aliphatic heterocycles. The van der Waals surface area contributed by atoms with Crippen LogP contribution < -0.4 is 5.73 Å². The fraction of sp³-hybridized carbons (Fsp3) is 1.00.